The van der Waals surface area contributed by atoms with Crippen LogP contribution in [0.2, 0.25) is 0 Å². The SMILES string of the molecule is Cc1cc(S(=O)(=O)N2CCCC[C@@H]2CCNC(=O)C(=O)Nc2ccccc2C#N)ccc1F. The lowest BCUT2D eigenvalue weighted by Gasteiger charge is -2.34. The van der Waals surface area contributed by atoms with Crippen molar-refractivity contribution in [3.8, 4) is 6.07 Å². The van der Waals surface area contributed by atoms with Crippen LogP contribution in [-0.4, -0.2) is 43.7 Å². The van der Waals surface area contributed by atoms with Gasteiger partial charge in [-0.15, -0.1) is 0 Å². The van der Waals surface area contributed by atoms with Crippen molar-refractivity contribution in [2.75, 3.05) is 18.4 Å². The van der Waals surface area contributed by atoms with E-state index >= 15 is 0 Å². The lowest BCUT2D eigenvalue weighted by molar-refractivity contribution is -0.136. The van der Waals surface area contributed by atoms with Gasteiger partial charge in [0.15, 0.2) is 0 Å². The molecule has 0 bridgehead atoms. The third-order valence-electron chi connectivity index (χ3n) is 5.57. The average Bonchev–Trinajstić information content (AvgIpc) is 2.81. The first kappa shape index (κ1) is 24.4. The van der Waals surface area contributed by atoms with Crippen LogP contribution in [0, 0.1) is 24.1 Å². The third-order valence-corrected chi connectivity index (χ3v) is 7.52. The van der Waals surface area contributed by atoms with E-state index in [2.05, 4.69) is 10.6 Å². The van der Waals surface area contributed by atoms with Crippen molar-refractivity contribution in [1.82, 2.24) is 9.62 Å². The quantitative estimate of drug-likeness (QED) is 0.627. The maximum Gasteiger partial charge on any atom is 0.313 e. The molecule has 1 heterocycles. The van der Waals surface area contributed by atoms with E-state index in [9.17, 15) is 22.4 Å². The number of rotatable bonds is 6. The largest absolute Gasteiger partial charge is 0.348 e. The number of nitrogens with one attached hydrogen (secondary N) is 2. The van der Waals surface area contributed by atoms with Gasteiger partial charge in [-0.25, -0.2) is 12.8 Å². The highest BCUT2D eigenvalue weighted by atomic mass is 32.2. The molecule has 1 aliphatic rings. The molecule has 2 N–H and O–H groups in total. The van der Waals surface area contributed by atoms with Crippen LogP contribution >= 0.6 is 0 Å². The molecule has 1 aliphatic heterocycles. The maximum atomic E-state index is 13.6. The summed E-state index contributed by atoms with van der Waals surface area (Å²) in [7, 11) is -3.82. The van der Waals surface area contributed by atoms with Crippen molar-refractivity contribution in [1.29, 1.82) is 5.26 Å². The third kappa shape index (κ3) is 5.74. The number of halogens is 1. The fourth-order valence-corrected chi connectivity index (χ4v) is 5.60. The molecular formula is C23H25FN4O4S. The molecule has 3 rings (SSSR count). The number of hydrogen-bond acceptors (Lipinski definition) is 5. The molecule has 174 valence electrons. The monoisotopic (exact) mass is 472 g/mol. The Bertz CT molecular complexity index is 1190. The number of nitrogens with zero attached hydrogens (tertiary/aromatic N) is 2. The summed E-state index contributed by atoms with van der Waals surface area (Å²) < 4.78 is 41.3. The zero-order chi connectivity index (χ0) is 24.0. The van der Waals surface area contributed by atoms with Gasteiger partial charge < -0.3 is 10.6 Å². The Morgan fingerprint density at radius 1 is 1.18 bits per heavy atom. The van der Waals surface area contributed by atoms with Crippen molar-refractivity contribution >= 4 is 27.5 Å². The molecule has 1 atom stereocenters. The molecule has 0 saturated carbocycles. The summed E-state index contributed by atoms with van der Waals surface area (Å²) in [5.74, 6) is -2.25. The Morgan fingerprint density at radius 2 is 1.94 bits per heavy atom. The molecule has 0 aromatic heterocycles. The maximum absolute atomic E-state index is 13.6. The van der Waals surface area contributed by atoms with Crippen LogP contribution in [0.25, 0.3) is 0 Å². The first-order chi connectivity index (χ1) is 15.7. The van der Waals surface area contributed by atoms with Crippen LogP contribution in [0.1, 0.15) is 36.8 Å². The Labute approximate surface area is 192 Å². The highest BCUT2D eigenvalue weighted by Gasteiger charge is 2.33. The van der Waals surface area contributed by atoms with Crippen LogP contribution in [-0.2, 0) is 19.6 Å². The van der Waals surface area contributed by atoms with Crippen molar-refractivity contribution < 1.29 is 22.4 Å². The van der Waals surface area contributed by atoms with Crippen LogP contribution in [0.4, 0.5) is 10.1 Å². The zero-order valence-electron chi connectivity index (χ0n) is 18.2. The minimum Gasteiger partial charge on any atom is -0.348 e. The second kappa shape index (κ2) is 10.6. The minimum atomic E-state index is -3.82. The van der Waals surface area contributed by atoms with E-state index in [1.807, 2.05) is 6.07 Å². The summed E-state index contributed by atoms with van der Waals surface area (Å²) in [6.45, 7) is 1.95. The molecular weight excluding hydrogens is 447 g/mol. The van der Waals surface area contributed by atoms with Crippen LogP contribution < -0.4 is 10.6 Å². The highest BCUT2D eigenvalue weighted by molar-refractivity contribution is 7.89. The standard InChI is InChI=1S/C23H25FN4O4S/c1-16-14-19(9-10-20(16)24)33(31,32)28-13-5-4-7-18(28)11-12-26-22(29)23(30)27-21-8-3-2-6-17(21)15-25/h2-3,6,8-10,14,18H,4-5,7,11-13H2,1H3,(H,26,29)(H,27,30)/t18-/m1/s1. The number of anilines is 1. The summed E-state index contributed by atoms with van der Waals surface area (Å²) in [4.78, 5) is 24.4. The van der Waals surface area contributed by atoms with E-state index < -0.39 is 27.7 Å². The zero-order valence-corrected chi connectivity index (χ0v) is 19.0. The van der Waals surface area contributed by atoms with Gasteiger partial charge in [-0.3, -0.25) is 9.59 Å². The number of piperidine rings is 1. The van der Waals surface area contributed by atoms with E-state index in [1.54, 1.807) is 12.1 Å². The summed E-state index contributed by atoms with van der Waals surface area (Å²) in [6, 6.07) is 11.6. The second-order valence-electron chi connectivity index (χ2n) is 7.83. The Morgan fingerprint density at radius 3 is 2.67 bits per heavy atom. The number of carbonyl (C=O) groups excluding carboxylic acids is 2. The van der Waals surface area contributed by atoms with Crippen molar-refractivity contribution in [2.45, 2.75) is 43.5 Å². The van der Waals surface area contributed by atoms with E-state index in [-0.39, 0.29) is 34.3 Å². The van der Waals surface area contributed by atoms with E-state index in [0.29, 0.717) is 25.8 Å². The van der Waals surface area contributed by atoms with Crippen LogP contribution in [0.15, 0.2) is 47.4 Å². The molecule has 0 spiro atoms. The van der Waals surface area contributed by atoms with E-state index in [4.69, 9.17) is 5.26 Å². The molecule has 2 aromatic rings. The molecule has 0 unspecified atom stereocenters. The Kier molecular flexibility index (Phi) is 7.79. The van der Waals surface area contributed by atoms with Gasteiger partial charge in [0.05, 0.1) is 16.1 Å². The smallest absolute Gasteiger partial charge is 0.313 e. The molecule has 0 aliphatic carbocycles. The molecule has 1 fully saturated rings. The highest BCUT2D eigenvalue weighted by Crippen LogP contribution is 2.27. The summed E-state index contributed by atoms with van der Waals surface area (Å²) in [5, 5.41) is 14.0. The van der Waals surface area contributed by atoms with Gasteiger partial charge in [0.2, 0.25) is 10.0 Å². The topological polar surface area (TPSA) is 119 Å². The van der Waals surface area contributed by atoms with Gasteiger partial charge in [0, 0.05) is 19.1 Å². The fraction of sp³-hybridized carbons (Fsp3) is 0.348. The number of amides is 2. The van der Waals surface area contributed by atoms with Crippen molar-refractivity contribution in [2.24, 2.45) is 0 Å². The molecule has 1 saturated heterocycles. The van der Waals surface area contributed by atoms with Crippen molar-refractivity contribution in [3.05, 3.63) is 59.4 Å². The lowest BCUT2D eigenvalue weighted by atomic mass is 10.0. The number of hydrogen-bond donors (Lipinski definition) is 2. The number of para-hydroxylation sites is 1. The van der Waals surface area contributed by atoms with Gasteiger partial charge >= 0.3 is 11.8 Å². The lowest BCUT2D eigenvalue weighted by Crippen LogP contribution is -2.45. The normalized spacial score (nSPS) is 16.6. The summed E-state index contributed by atoms with van der Waals surface area (Å²) in [5.41, 5.74) is 0.720. The van der Waals surface area contributed by atoms with Gasteiger partial charge in [-0.1, -0.05) is 18.6 Å². The fourth-order valence-electron chi connectivity index (χ4n) is 3.79. The van der Waals surface area contributed by atoms with Crippen LogP contribution in [0.5, 0.6) is 0 Å². The Hall–Kier alpha value is -3.29. The second-order valence-corrected chi connectivity index (χ2v) is 9.72. The average molecular weight is 473 g/mol. The number of carbonyl (C=O) groups is 2. The number of nitriles is 1. The number of benzene rings is 2. The predicted molar refractivity (Wildman–Crippen MR) is 120 cm³/mol. The van der Waals surface area contributed by atoms with Gasteiger partial charge in [-0.2, -0.15) is 9.57 Å². The summed E-state index contributed by atoms with van der Waals surface area (Å²) >= 11 is 0. The van der Waals surface area contributed by atoms with Gasteiger partial charge in [0.25, 0.3) is 0 Å². The van der Waals surface area contributed by atoms with E-state index in [0.717, 1.165) is 12.5 Å². The summed E-state index contributed by atoms with van der Waals surface area (Å²) in [6.07, 6.45) is 2.51. The first-order valence-electron chi connectivity index (χ1n) is 10.6. The van der Waals surface area contributed by atoms with E-state index in [1.165, 1.54) is 35.5 Å². The molecule has 0 radical (unpaired) electrons. The Balaban J connectivity index is 1.61. The molecule has 10 heteroatoms. The molecule has 8 nitrogen and oxygen atoms in total. The number of aryl methyl sites for hydroxylation is 1. The first-order valence-corrected chi connectivity index (χ1v) is 12.0. The predicted octanol–water partition coefficient (Wildman–Crippen LogP) is 2.69. The van der Waals surface area contributed by atoms with Crippen LogP contribution in [0.3, 0.4) is 0 Å². The molecule has 33 heavy (non-hydrogen) atoms. The van der Waals surface area contributed by atoms with Crippen molar-refractivity contribution in [3.63, 3.8) is 0 Å². The minimum absolute atomic E-state index is 0.0351. The molecule has 2 aromatic carbocycles. The number of sulfonamides is 1. The van der Waals surface area contributed by atoms with Gasteiger partial charge in [-0.05, 0) is 62.1 Å². The van der Waals surface area contributed by atoms with Gasteiger partial charge in [0.1, 0.15) is 11.9 Å². The molecule has 2 amide bonds.